The Balaban J connectivity index is 1.82. The van der Waals surface area contributed by atoms with E-state index in [0.717, 1.165) is 0 Å². The number of halogens is 2. The van der Waals surface area contributed by atoms with Gasteiger partial charge in [0, 0.05) is 37.6 Å². The SMILES string of the molecule is CC(C)(C)N1CC(C(=O)NC2CCN(C(=O)C(Cl)Cl)CC2)CC1=O. The predicted molar refractivity (Wildman–Crippen MR) is 92.8 cm³/mol. The highest BCUT2D eigenvalue weighted by molar-refractivity contribution is 6.53. The lowest BCUT2D eigenvalue weighted by molar-refractivity contribution is -0.132. The molecule has 0 aromatic rings. The normalized spacial score (nSPS) is 23.1. The second-order valence-corrected chi connectivity index (χ2v) is 8.58. The van der Waals surface area contributed by atoms with E-state index in [4.69, 9.17) is 23.2 Å². The number of hydrogen-bond donors (Lipinski definition) is 1. The number of likely N-dealkylation sites (tertiary alicyclic amines) is 2. The number of alkyl halides is 2. The van der Waals surface area contributed by atoms with Gasteiger partial charge in [-0.15, -0.1) is 0 Å². The molecule has 0 radical (unpaired) electrons. The van der Waals surface area contributed by atoms with Gasteiger partial charge in [0.25, 0.3) is 5.91 Å². The van der Waals surface area contributed by atoms with Gasteiger partial charge in [0.05, 0.1) is 5.92 Å². The van der Waals surface area contributed by atoms with Gasteiger partial charge in [-0.2, -0.15) is 0 Å². The molecule has 2 heterocycles. The molecule has 8 heteroatoms. The molecule has 0 bridgehead atoms. The molecular weight excluding hydrogens is 353 g/mol. The minimum atomic E-state index is -1.04. The second-order valence-electron chi connectivity index (χ2n) is 7.49. The van der Waals surface area contributed by atoms with Crippen molar-refractivity contribution in [1.82, 2.24) is 15.1 Å². The maximum absolute atomic E-state index is 12.4. The van der Waals surface area contributed by atoms with E-state index in [9.17, 15) is 14.4 Å². The molecule has 1 unspecified atom stereocenters. The molecule has 136 valence electrons. The first-order chi connectivity index (χ1) is 11.1. The number of carbonyl (C=O) groups is 3. The third-order valence-corrected chi connectivity index (χ3v) is 5.02. The van der Waals surface area contributed by atoms with Gasteiger partial charge in [0.2, 0.25) is 11.8 Å². The highest BCUT2D eigenvalue weighted by atomic mass is 35.5. The number of piperidine rings is 1. The Morgan fingerprint density at radius 3 is 2.25 bits per heavy atom. The van der Waals surface area contributed by atoms with Crippen LogP contribution in [0.5, 0.6) is 0 Å². The van der Waals surface area contributed by atoms with Crippen molar-refractivity contribution < 1.29 is 14.4 Å². The van der Waals surface area contributed by atoms with Gasteiger partial charge < -0.3 is 15.1 Å². The molecule has 2 saturated heterocycles. The maximum atomic E-state index is 12.4. The van der Waals surface area contributed by atoms with Crippen LogP contribution in [0.3, 0.4) is 0 Å². The summed E-state index contributed by atoms with van der Waals surface area (Å²) in [4.78, 5) is 38.6. The van der Waals surface area contributed by atoms with E-state index in [1.807, 2.05) is 20.8 Å². The summed E-state index contributed by atoms with van der Waals surface area (Å²) in [5, 5.41) is 3.02. The molecule has 2 fully saturated rings. The lowest BCUT2D eigenvalue weighted by Gasteiger charge is -2.33. The second kappa shape index (κ2) is 7.48. The lowest BCUT2D eigenvalue weighted by Crippen LogP contribution is -2.49. The quantitative estimate of drug-likeness (QED) is 0.758. The van der Waals surface area contributed by atoms with Crippen LogP contribution in [0.1, 0.15) is 40.0 Å². The average molecular weight is 378 g/mol. The minimum absolute atomic E-state index is 0.0180. The number of nitrogens with zero attached hydrogens (tertiary/aromatic N) is 2. The van der Waals surface area contributed by atoms with Gasteiger partial charge in [0.1, 0.15) is 0 Å². The van der Waals surface area contributed by atoms with E-state index < -0.39 is 4.84 Å². The number of hydrogen-bond acceptors (Lipinski definition) is 3. The van der Waals surface area contributed by atoms with Crippen molar-refractivity contribution in [3.05, 3.63) is 0 Å². The van der Waals surface area contributed by atoms with Crippen molar-refractivity contribution in [2.45, 2.75) is 56.5 Å². The number of nitrogens with one attached hydrogen (secondary N) is 1. The Labute approximate surface area is 152 Å². The molecule has 1 atom stereocenters. The third kappa shape index (κ3) is 4.54. The molecule has 24 heavy (non-hydrogen) atoms. The van der Waals surface area contributed by atoms with E-state index in [2.05, 4.69) is 5.32 Å². The molecule has 3 amide bonds. The number of amides is 3. The van der Waals surface area contributed by atoms with Crippen LogP contribution in [0.15, 0.2) is 0 Å². The fraction of sp³-hybridized carbons (Fsp3) is 0.812. The fourth-order valence-corrected chi connectivity index (χ4v) is 3.51. The van der Waals surface area contributed by atoms with E-state index in [0.29, 0.717) is 32.5 Å². The highest BCUT2D eigenvalue weighted by Gasteiger charge is 2.40. The Morgan fingerprint density at radius 1 is 1.21 bits per heavy atom. The molecule has 0 aromatic heterocycles. The fourth-order valence-electron chi connectivity index (χ4n) is 3.23. The Bertz CT molecular complexity index is 511. The van der Waals surface area contributed by atoms with Crippen LogP contribution in [0.25, 0.3) is 0 Å². The zero-order valence-corrected chi connectivity index (χ0v) is 15.9. The molecule has 0 saturated carbocycles. The third-order valence-electron chi connectivity index (χ3n) is 4.65. The van der Waals surface area contributed by atoms with Crippen LogP contribution < -0.4 is 5.32 Å². The zero-order chi connectivity index (χ0) is 18.1. The first-order valence-corrected chi connectivity index (χ1v) is 9.14. The van der Waals surface area contributed by atoms with E-state index in [-0.39, 0.29) is 41.6 Å². The van der Waals surface area contributed by atoms with Gasteiger partial charge in [-0.3, -0.25) is 14.4 Å². The van der Waals surface area contributed by atoms with Gasteiger partial charge >= 0.3 is 0 Å². The van der Waals surface area contributed by atoms with Crippen LogP contribution in [0.2, 0.25) is 0 Å². The first kappa shape index (κ1) is 19.3. The molecule has 2 aliphatic heterocycles. The Morgan fingerprint density at radius 2 is 1.79 bits per heavy atom. The first-order valence-electron chi connectivity index (χ1n) is 8.27. The van der Waals surface area contributed by atoms with Crippen LogP contribution in [-0.2, 0) is 14.4 Å². The van der Waals surface area contributed by atoms with Crippen LogP contribution >= 0.6 is 23.2 Å². The summed E-state index contributed by atoms with van der Waals surface area (Å²) in [5.74, 6) is -0.637. The van der Waals surface area contributed by atoms with Gasteiger partial charge in [0.15, 0.2) is 4.84 Å². The molecule has 0 aromatic carbocycles. The summed E-state index contributed by atoms with van der Waals surface area (Å²) < 4.78 is 0. The van der Waals surface area contributed by atoms with Crippen molar-refractivity contribution in [1.29, 1.82) is 0 Å². The monoisotopic (exact) mass is 377 g/mol. The van der Waals surface area contributed by atoms with Crippen molar-refractivity contribution >= 4 is 40.9 Å². The molecule has 2 aliphatic rings. The smallest absolute Gasteiger partial charge is 0.255 e. The van der Waals surface area contributed by atoms with Gasteiger partial charge in [-0.05, 0) is 33.6 Å². The van der Waals surface area contributed by atoms with Crippen LogP contribution in [-0.4, -0.2) is 63.6 Å². The Kier molecular flexibility index (Phi) is 6.02. The largest absolute Gasteiger partial charge is 0.353 e. The van der Waals surface area contributed by atoms with Crippen LogP contribution in [0, 0.1) is 5.92 Å². The van der Waals surface area contributed by atoms with Crippen molar-refractivity contribution in [3.8, 4) is 0 Å². The maximum Gasteiger partial charge on any atom is 0.255 e. The topological polar surface area (TPSA) is 69.7 Å². The van der Waals surface area contributed by atoms with E-state index in [1.165, 1.54) is 0 Å². The summed E-state index contributed by atoms with van der Waals surface area (Å²) in [7, 11) is 0. The molecule has 1 N–H and O–H groups in total. The summed E-state index contributed by atoms with van der Waals surface area (Å²) in [6.45, 7) is 7.43. The molecule has 6 nitrogen and oxygen atoms in total. The van der Waals surface area contributed by atoms with Crippen molar-refractivity contribution in [3.63, 3.8) is 0 Å². The summed E-state index contributed by atoms with van der Waals surface area (Å²) in [6, 6.07) is 0.0180. The Hall–Kier alpha value is -1.01. The number of carbonyl (C=O) groups excluding carboxylic acids is 3. The molecule has 2 rings (SSSR count). The van der Waals surface area contributed by atoms with E-state index >= 15 is 0 Å². The average Bonchev–Trinajstić information content (AvgIpc) is 2.89. The van der Waals surface area contributed by atoms with Crippen LogP contribution in [0.4, 0.5) is 0 Å². The van der Waals surface area contributed by atoms with E-state index in [1.54, 1.807) is 9.80 Å². The summed E-state index contributed by atoms with van der Waals surface area (Å²) in [6.07, 6.45) is 1.60. The summed E-state index contributed by atoms with van der Waals surface area (Å²) in [5.41, 5.74) is -0.266. The lowest BCUT2D eigenvalue weighted by atomic mass is 10.0. The molecular formula is C16H25Cl2N3O3. The van der Waals surface area contributed by atoms with Crippen molar-refractivity contribution in [2.24, 2.45) is 5.92 Å². The minimum Gasteiger partial charge on any atom is -0.353 e. The van der Waals surface area contributed by atoms with Crippen molar-refractivity contribution in [2.75, 3.05) is 19.6 Å². The van der Waals surface area contributed by atoms with Gasteiger partial charge in [-0.25, -0.2) is 0 Å². The number of rotatable bonds is 3. The summed E-state index contributed by atoms with van der Waals surface area (Å²) >= 11 is 11.2. The molecule has 0 spiro atoms. The van der Waals surface area contributed by atoms with Gasteiger partial charge in [-0.1, -0.05) is 23.2 Å². The molecule has 0 aliphatic carbocycles. The predicted octanol–water partition coefficient (Wildman–Crippen LogP) is 1.54. The highest BCUT2D eigenvalue weighted by Crippen LogP contribution is 2.26. The standard InChI is InChI=1S/C16H25Cl2N3O3/c1-16(2,3)21-9-10(8-12(21)22)14(23)19-11-4-6-20(7-5-11)15(24)13(17)18/h10-11,13H,4-9H2,1-3H3,(H,19,23). The zero-order valence-electron chi connectivity index (χ0n) is 14.3.